The van der Waals surface area contributed by atoms with Crippen LogP contribution in [0.4, 0.5) is 0 Å². The highest BCUT2D eigenvalue weighted by Gasteiger charge is 2.31. The van der Waals surface area contributed by atoms with Crippen molar-refractivity contribution in [1.82, 2.24) is 15.2 Å². The van der Waals surface area contributed by atoms with Gasteiger partial charge in [-0.3, -0.25) is 4.90 Å². The Kier molecular flexibility index (Phi) is 5.58. The van der Waals surface area contributed by atoms with Crippen LogP contribution in [0.1, 0.15) is 44.5 Å². The summed E-state index contributed by atoms with van der Waals surface area (Å²) < 4.78 is 0. The number of rotatable bonds is 5. The minimum atomic E-state index is 0.607. The number of hydrogen-bond donors (Lipinski definition) is 1. The lowest BCUT2D eigenvalue weighted by molar-refractivity contribution is 0.0783. The van der Waals surface area contributed by atoms with Gasteiger partial charge in [-0.2, -0.15) is 0 Å². The molecule has 114 valence electrons. The third-order valence-electron chi connectivity index (χ3n) is 4.35. The number of aryl methyl sites for hydroxylation is 1. The highest BCUT2D eigenvalue weighted by Crippen LogP contribution is 2.23. The van der Waals surface area contributed by atoms with Crippen LogP contribution in [0.25, 0.3) is 0 Å². The van der Waals surface area contributed by atoms with Gasteiger partial charge in [-0.15, -0.1) is 11.3 Å². The number of piperazine rings is 1. The van der Waals surface area contributed by atoms with Gasteiger partial charge in [0.2, 0.25) is 0 Å². The molecule has 2 heterocycles. The molecule has 1 aromatic rings. The van der Waals surface area contributed by atoms with Crippen molar-refractivity contribution < 1.29 is 0 Å². The fraction of sp³-hybridized carbons (Fsp3) is 0.812. The Morgan fingerprint density at radius 2 is 2.10 bits per heavy atom. The minimum absolute atomic E-state index is 0.607. The molecule has 1 N–H and O–H groups in total. The second-order valence-electron chi connectivity index (χ2n) is 6.57. The number of nitrogens with zero attached hydrogens (tertiary/aromatic N) is 2. The SMILES string of the molecule is CCc1cnc(CN2CC(C(C)C)NCC2C(C)C)s1. The van der Waals surface area contributed by atoms with E-state index in [9.17, 15) is 0 Å². The van der Waals surface area contributed by atoms with Gasteiger partial charge in [0.25, 0.3) is 0 Å². The Balaban J connectivity index is 2.06. The molecule has 3 nitrogen and oxygen atoms in total. The lowest BCUT2D eigenvalue weighted by atomic mass is 9.94. The summed E-state index contributed by atoms with van der Waals surface area (Å²) >= 11 is 1.88. The summed E-state index contributed by atoms with van der Waals surface area (Å²) in [6, 6.07) is 1.23. The van der Waals surface area contributed by atoms with E-state index in [1.807, 2.05) is 17.5 Å². The quantitative estimate of drug-likeness (QED) is 0.904. The maximum Gasteiger partial charge on any atom is 0.107 e. The van der Waals surface area contributed by atoms with E-state index >= 15 is 0 Å². The summed E-state index contributed by atoms with van der Waals surface area (Å²) in [5.41, 5.74) is 0. The number of nitrogens with one attached hydrogen (secondary N) is 1. The predicted molar refractivity (Wildman–Crippen MR) is 87.2 cm³/mol. The first-order valence-corrected chi connectivity index (χ1v) is 8.73. The molecular weight excluding hydrogens is 266 g/mol. The lowest BCUT2D eigenvalue weighted by Crippen LogP contribution is -2.59. The molecule has 0 amide bonds. The molecule has 4 heteroatoms. The van der Waals surface area contributed by atoms with Crippen LogP contribution in [0, 0.1) is 11.8 Å². The van der Waals surface area contributed by atoms with Gasteiger partial charge in [-0.1, -0.05) is 34.6 Å². The van der Waals surface area contributed by atoms with Gasteiger partial charge in [0.15, 0.2) is 0 Å². The van der Waals surface area contributed by atoms with Gasteiger partial charge in [0, 0.05) is 36.2 Å². The molecule has 2 atom stereocenters. The highest BCUT2D eigenvalue weighted by molar-refractivity contribution is 7.11. The monoisotopic (exact) mass is 295 g/mol. The molecule has 0 saturated carbocycles. The average Bonchev–Trinajstić information content (AvgIpc) is 2.86. The van der Waals surface area contributed by atoms with Gasteiger partial charge >= 0.3 is 0 Å². The van der Waals surface area contributed by atoms with Crippen molar-refractivity contribution in [2.75, 3.05) is 13.1 Å². The zero-order valence-corrected chi connectivity index (χ0v) is 14.3. The van der Waals surface area contributed by atoms with Gasteiger partial charge < -0.3 is 5.32 Å². The van der Waals surface area contributed by atoms with E-state index in [0.717, 1.165) is 26.1 Å². The zero-order chi connectivity index (χ0) is 14.7. The maximum atomic E-state index is 4.60. The molecule has 0 aliphatic carbocycles. The standard InChI is InChI=1S/C16H29N3S/c1-6-13-7-18-16(20-13)10-19-9-14(11(2)3)17-8-15(19)12(4)5/h7,11-12,14-15,17H,6,8-10H2,1-5H3. The second kappa shape index (κ2) is 7.01. The first kappa shape index (κ1) is 15.9. The topological polar surface area (TPSA) is 28.2 Å². The molecule has 20 heavy (non-hydrogen) atoms. The smallest absolute Gasteiger partial charge is 0.107 e. The summed E-state index contributed by atoms with van der Waals surface area (Å²) in [4.78, 5) is 8.64. The van der Waals surface area contributed by atoms with Gasteiger partial charge in [0.05, 0.1) is 6.54 Å². The van der Waals surface area contributed by atoms with E-state index in [4.69, 9.17) is 0 Å². The Morgan fingerprint density at radius 3 is 2.65 bits per heavy atom. The second-order valence-corrected chi connectivity index (χ2v) is 7.77. The minimum Gasteiger partial charge on any atom is -0.311 e. The third-order valence-corrected chi connectivity index (χ3v) is 5.48. The first-order valence-electron chi connectivity index (χ1n) is 7.92. The van der Waals surface area contributed by atoms with E-state index in [1.165, 1.54) is 9.88 Å². The number of hydrogen-bond acceptors (Lipinski definition) is 4. The van der Waals surface area contributed by atoms with Crippen LogP contribution >= 0.6 is 11.3 Å². The van der Waals surface area contributed by atoms with Crippen LogP contribution in [0.3, 0.4) is 0 Å². The van der Waals surface area contributed by atoms with Crippen LogP contribution < -0.4 is 5.32 Å². The van der Waals surface area contributed by atoms with Crippen LogP contribution in [0.15, 0.2) is 6.20 Å². The fourth-order valence-electron chi connectivity index (χ4n) is 2.90. The maximum absolute atomic E-state index is 4.60. The van der Waals surface area contributed by atoms with Gasteiger partial charge in [-0.05, 0) is 18.3 Å². The molecule has 0 spiro atoms. The van der Waals surface area contributed by atoms with E-state index in [-0.39, 0.29) is 0 Å². The zero-order valence-electron chi connectivity index (χ0n) is 13.5. The van der Waals surface area contributed by atoms with Crippen LogP contribution in [-0.4, -0.2) is 35.1 Å². The van der Waals surface area contributed by atoms with E-state index in [0.29, 0.717) is 23.9 Å². The molecule has 0 radical (unpaired) electrons. The van der Waals surface area contributed by atoms with Crippen LogP contribution in [0.2, 0.25) is 0 Å². The summed E-state index contributed by atoms with van der Waals surface area (Å²) in [6.07, 6.45) is 3.15. The van der Waals surface area contributed by atoms with Crippen molar-refractivity contribution in [3.8, 4) is 0 Å². The molecule has 2 unspecified atom stereocenters. The van der Waals surface area contributed by atoms with Gasteiger partial charge in [0.1, 0.15) is 5.01 Å². The molecule has 1 aliphatic heterocycles. The Hall–Kier alpha value is -0.450. The Morgan fingerprint density at radius 1 is 1.35 bits per heavy atom. The molecule has 1 aliphatic rings. The Bertz CT molecular complexity index is 414. The van der Waals surface area contributed by atoms with E-state index in [1.54, 1.807) is 0 Å². The number of aromatic nitrogens is 1. The first-order chi connectivity index (χ1) is 9.51. The van der Waals surface area contributed by atoms with Crippen LogP contribution in [-0.2, 0) is 13.0 Å². The molecular formula is C16H29N3S. The molecule has 0 aromatic carbocycles. The summed E-state index contributed by atoms with van der Waals surface area (Å²) in [5.74, 6) is 1.37. The van der Waals surface area contributed by atoms with Crippen molar-refractivity contribution in [2.24, 2.45) is 11.8 Å². The normalized spacial score (nSPS) is 24.8. The molecule has 1 aromatic heterocycles. The largest absolute Gasteiger partial charge is 0.311 e. The average molecular weight is 295 g/mol. The summed E-state index contributed by atoms with van der Waals surface area (Å²) in [7, 11) is 0. The van der Waals surface area contributed by atoms with Crippen molar-refractivity contribution in [2.45, 2.75) is 59.7 Å². The van der Waals surface area contributed by atoms with E-state index in [2.05, 4.69) is 49.8 Å². The molecule has 0 bridgehead atoms. The Labute approximate surface area is 127 Å². The molecule has 2 rings (SSSR count). The third kappa shape index (κ3) is 3.80. The van der Waals surface area contributed by atoms with Gasteiger partial charge in [-0.25, -0.2) is 4.98 Å². The molecule has 1 saturated heterocycles. The number of thiazole rings is 1. The fourth-order valence-corrected chi connectivity index (χ4v) is 3.79. The molecule has 1 fully saturated rings. The predicted octanol–water partition coefficient (Wildman–Crippen LogP) is 3.16. The van der Waals surface area contributed by atoms with Crippen molar-refractivity contribution >= 4 is 11.3 Å². The summed E-state index contributed by atoms with van der Waals surface area (Å²) in [6.45, 7) is 14.7. The van der Waals surface area contributed by atoms with Crippen molar-refractivity contribution in [3.63, 3.8) is 0 Å². The van der Waals surface area contributed by atoms with Crippen LogP contribution in [0.5, 0.6) is 0 Å². The lowest BCUT2D eigenvalue weighted by Gasteiger charge is -2.43. The van der Waals surface area contributed by atoms with Crippen molar-refractivity contribution in [1.29, 1.82) is 0 Å². The summed E-state index contributed by atoms with van der Waals surface area (Å²) in [5, 5.41) is 5.00. The van der Waals surface area contributed by atoms with E-state index < -0.39 is 0 Å². The highest BCUT2D eigenvalue weighted by atomic mass is 32.1. The van der Waals surface area contributed by atoms with Crippen molar-refractivity contribution in [3.05, 3.63) is 16.1 Å².